The molecule has 2 aromatic carbocycles. The number of carbonyl (C=O) groups excluding carboxylic acids is 1. The van der Waals surface area contributed by atoms with Gasteiger partial charge in [0.2, 0.25) is 5.91 Å². The van der Waals surface area contributed by atoms with Crippen molar-refractivity contribution in [2.45, 2.75) is 6.54 Å². The fourth-order valence-electron chi connectivity index (χ4n) is 2.29. The molecule has 128 valence electrons. The van der Waals surface area contributed by atoms with E-state index in [4.69, 9.17) is 9.47 Å². The van der Waals surface area contributed by atoms with Gasteiger partial charge in [-0.1, -0.05) is 28.1 Å². The van der Waals surface area contributed by atoms with Crippen molar-refractivity contribution in [2.75, 3.05) is 33.1 Å². The molecule has 6 heteroatoms. The Hall–Kier alpha value is -2.05. The minimum atomic E-state index is -0.0990. The second-order valence-corrected chi connectivity index (χ2v) is 6.33. The molecule has 1 N–H and O–H groups in total. The Morgan fingerprint density at radius 3 is 2.46 bits per heavy atom. The Morgan fingerprint density at radius 2 is 1.83 bits per heavy atom. The van der Waals surface area contributed by atoms with Crippen molar-refractivity contribution in [3.05, 3.63) is 52.5 Å². The number of carbonyl (C=O) groups is 1. The summed E-state index contributed by atoms with van der Waals surface area (Å²) in [4.78, 5) is 14.2. The molecule has 5 nitrogen and oxygen atoms in total. The molecular weight excluding hydrogens is 372 g/mol. The fourth-order valence-corrected chi connectivity index (χ4v) is 2.56. The first-order chi connectivity index (χ1) is 11.5. The molecule has 0 bridgehead atoms. The number of ether oxygens (including phenoxy) is 2. The molecule has 0 aliphatic heterocycles. The maximum Gasteiger partial charge on any atom is 0.238 e. The van der Waals surface area contributed by atoms with Crippen LogP contribution in [0.4, 0.5) is 5.69 Å². The lowest BCUT2D eigenvalue weighted by molar-refractivity contribution is -0.117. The minimum Gasteiger partial charge on any atom is -0.497 e. The Balaban J connectivity index is 1.93. The standard InChI is InChI=1S/C18H21BrN2O3/c1-21(11-13-4-6-14(19)7-5-13)12-18(22)20-16-9-8-15(23-2)10-17(16)24-3/h4-10H,11-12H2,1-3H3,(H,20,22). The first-order valence-corrected chi connectivity index (χ1v) is 8.26. The Kier molecular flexibility index (Phi) is 6.63. The van der Waals surface area contributed by atoms with Gasteiger partial charge < -0.3 is 14.8 Å². The highest BCUT2D eigenvalue weighted by Crippen LogP contribution is 2.28. The predicted molar refractivity (Wildman–Crippen MR) is 98.7 cm³/mol. The first kappa shape index (κ1) is 18.3. The van der Waals surface area contributed by atoms with Crippen LogP contribution in [-0.2, 0) is 11.3 Å². The van der Waals surface area contributed by atoms with Gasteiger partial charge in [-0.25, -0.2) is 0 Å². The third-order valence-electron chi connectivity index (χ3n) is 3.46. The SMILES string of the molecule is COc1ccc(NC(=O)CN(C)Cc2ccc(Br)cc2)c(OC)c1. The number of halogens is 1. The molecule has 2 aromatic rings. The van der Waals surface area contributed by atoms with Crippen LogP contribution in [0.1, 0.15) is 5.56 Å². The van der Waals surface area contributed by atoms with Crippen molar-refractivity contribution in [1.82, 2.24) is 4.90 Å². The second-order valence-electron chi connectivity index (χ2n) is 5.41. The molecule has 0 heterocycles. The van der Waals surface area contributed by atoms with Crippen molar-refractivity contribution in [1.29, 1.82) is 0 Å². The molecule has 24 heavy (non-hydrogen) atoms. The van der Waals surface area contributed by atoms with Crippen LogP contribution in [0, 0.1) is 0 Å². The molecule has 0 aliphatic rings. The van der Waals surface area contributed by atoms with Crippen molar-refractivity contribution < 1.29 is 14.3 Å². The third-order valence-corrected chi connectivity index (χ3v) is 3.99. The van der Waals surface area contributed by atoms with Gasteiger partial charge in [0.15, 0.2) is 0 Å². The van der Waals surface area contributed by atoms with Gasteiger partial charge in [0.1, 0.15) is 11.5 Å². The average Bonchev–Trinajstić information content (AvgIpc) is 2.57. The highest BCUT2D eigenvalue weighted by Gasteiger charge is 2.11. The van der Waals surface area contributed by atoms with Crippen LogP contribution in [0.5, 0.6) is 11.5 Å². The monoisotopic (exact) mass is 392 g/mol. The molecule has 0 radical (unpaired) electrons. The Morgan fingerprint density at radius 1 is 1.12 bits per heavy atom. The van der Waals surface area contributed by atoms with E-state index < -0.39 is 0 Å². The number of rotatable bonds is 7. The molecular formula is C18H21BrN2O3. The lowest BCUT2D eigenvalue weighted by Crippen LogP contribution is -2.29. The van der Waals surface area contributed by atoms with Gasteiger partial charge in [0, 0.05) is 17.1 Å². The lowest BCUT2D eigenvalue weighted by atomic mass is 10.2. The van der Waals surface area contributed by atoms with Gasteiger partial charge in [0.25, 0.3) is 0 Å². The van der Waals surface area contributed by atoms with Crippen molar-refractivity contribution in [3.8, 4) is 11.5 Å². The summed E-state index contributed by atoms with van der Waals surface area (Å²) in [5.41, 5.74) is 1.77. The van der Waals surface area contributed by atoms with Gasteiger partial charge in [-0.3, -0.25) is 9.69 Å². The zero-order valence-corrected chi connectivity index (χ0v) is 15.6. The van der Waals surface area contributed by atoms with Crippen LogP contribution in [0.15, 0.2) is 46.9 Å². The van der Waals surface area contributed by atoms with Crippen LogP contribution < -0.4 is 14.8 Å². The van der Waals surface area contributed by atoms with E-state index in [1.165, 1.54) is 0 Å². The quantitative estimate of drug-likeness (QED) is 0.782. The molecule has 0 aromatic heterocycles. The Bertz CT molecular complexity index is 689. The van der Waals surface area contributed by atoms with Crippen LogP contribution in [0.2, 0.25) is 0 Å². The maximum atomic E-state index is 12.2. The number of anilines is 1. The average molecular weight is 393 g/mol. The normalized spacial score (nSPS) is 10.5. The van der Waals surface area contributed by atoms with Crippen LogP contribution in [-0.4, -0.2) is 38.6 Å². The number of nitrogens with one attached hydrogen (secondary N) is 1. The van der Waals surface area contributed by atoms with E-state index >= 15 is 0 Å². The molecule has 2 rings (SSSR count). The molecule has 0 spiro atoms. The number of amides is 1. The summed E-state index contributed by atoms with van der Waals surface area (Å²) in [6.07, 6.45) is 0. The van der Waals surface area contributed by atoms with Gasteiger partial charge in [-0.15, -0.1) is 0 Å². The number of benzene rings is 2. The molecule has 0 fully saturated rings. The van der Waals surface area contributed by atoms with Crippen molar-refractivity contribution in [2.24, 2.45) is 0 Å². The van der Waals surface area contributed by atoms with Crippen molar-refractivity contribution in [3.63, 3.8) is 0 Å². The highest BCUT2D eigenvalue weighted by molar-refractivity contribution is 9.10. The topological polar surface area (TPSA) is 50.8 Å². The van der Waals surface area contributed by atoms with E-state index in [1.54, 1.807) is 32.4 Å². The van der Waals surface area contributed by atoms with E-state index in [0.717, 1.165) is 10.0 Å². The molecule has 0 saturated carbocycles. The number of methoxy groups -OCH3 is 2. The van der Waals surface area contributed by atoms with Crippen LogP contribution in [0.3, 0.4) is 0 Å². The minimum absolute atomic E-state index is 0.0990. The highest BCUT2D eigenvalue weighted by atomic mass is 79.9. The summed E-state index contributed by atoms with van der Waals surface area (Å²) in [6.45, 7) is 0.978. The summed E-state index contributed by atoms with van der Waals surface area (Å²) in [5.74, 6) is 1.15. The second kappa shape index (κ2) is 8.70. The van der Waals surface area contributed by atoms with E-state index in [2.05, 4.69) is 21.2 Å². The van der Waals surface area contributed by atoms with E-state index in [1.807, 2.05) is 36.2 Å². The van der Waals surface area contributed by atoms with Crippen LogP contribution in [0.25, 0.3) is 0 Å². The summed E-state index contributed by atoms with van der Waals surface area (Å²) in [7, 11) is 5.06. The number of nitrogens with zero attached hydrogens (tertiary/aromatic N) is 1. The van der Waals surface area contributed by atoms with Crippen molar-refractivity contribution >= 4 is 27.5 Å². The molecule has 0 aliphatic carbocycles. The number of hydrogen-bond acceptors (Lipinski definition) is 4. The molecule has 0 atom stereocenters. The molecule has 0 saturated heterocycles. The number of likely N-dealkylation sites (N-methyl/N-ethyl adjacent to an activating group) is 1. The zero-order valence-electron chi connectivity index (χ0n) is 14.0. The Labute approximate surface area is 150 Å². The van der Waals surface area contributed by atoms with E-state index in [9.17, 15) is 4.79 Å². The van der Waals surface area contributed by atoms with E-state index in [-0.39, 0.29) is 12.5 Å². The zero-order chi connectivity index (χ0) is 17.5. The number of hydrogen-bond donors (Lipinski definition) is 1. The summed E-state index contributed by atoms with van der Waals surface area (Å²) < 4.78 is 11.5. The van der Waals surface area contributed by atoms with Gasteiger partial charge in [0.05, 0.1) is 26.5 Å². The first-order valence-electron chi connectivity index (χ1n) is 7.46. The summed E-state index contributed by atoms with van der Waals surface area (Å²) in [5, 5.41) is 2.87. The third kappa shape index (κ3) is 5.25. The van der Waals surface area contributed by atoms with E-state index in [0.29, 0.717) is 23.7 Å². The summed E-state index contributed by atoms with van der Waals surface area (Å²) in [6, 6.07) is 13.3. The fraction of sp³-hybridized carbons (Fsp3) is 0.278. The molecule has 0 unspecified atom stereocenters. The van der Waals surface area contributed by atoms with Gasteiger partial charge in [-0.05, 0) is 36.9 Å². The van der Waals surface area contributed by atoms with Gasteiger partial charge >= 0.3 is 0 Å². The lowest BCUT2D eigenvalue weighted by Gasteiger charge is -2.17. The molecule has 1 amide bonds. The largest absolute Gasteiger partial charge is 0.497 e. The maximum absolute atomic E-state index is 12.2. The summed E-state index contributed by atoms with van der Waals surface area (Å²) >= 11 is 3.41. The van der Waals surface area contributed by atoms with Crippen LogP contribution >= 0.6 is 15.9 Å². The van der Waals surface area contributed by atoms with Gasteiger partial charge in [-0.2, -0.15) is 0 Å². The smallest absolute Gasteiger partial charge is 0.238 e. The predicted octanol–water partition coefficient (Wildman–Crippen LogP) is 3.54.